The van der Waals surface area contributed by atoms with Crippen LogP contribution in [0, 0.1) is 10.8 Å². The lowest BCUT2D eigenvalue weighted by atomic mass is 9.77. The van der Waals surface area contributed by atoms with Gasteiger partial charge in [-0.05, 0) is 66.5 Å². The van der Waals surface area contributed by atoms with E-state index < -0.39 is 0 Å². The maximum absolute atomic E-state index is 13.4. The Hall–Kier alpha value is -3.34. The third kappa shape index (κ3) is 6.41. The minimum atomic E-state index is -0.138. The van der Waals surface area contributed by atoms with Gasteiger partial charge in [-0.1, -0.05) is 64.5 Å². The Morgan fingerprint density at radius 2 is 1.71 bits per heavy atom. The van der Waals surface area contributed by atoms with E-state index in [0.29, 0.717) is 18.7 Å². The average Bonchev–Trinajstić information content (AvgIpc) is 3.10. The molecule has 0 saturated heterocycles. The zero-order valence-electron chi connectivity index (χ0n) is 21.6. The second-order valence-electron chi connectivity index (χ2n) is 11.7. The van der Waals surface area contributed by atoms with Gasteiger partial charge in [-0.3, -0.25) is 9.59 Å². The lowest BCUT2D eigenvalue weighted by Crippen LogP contribution is -2.21. The number of carbonyl (C=O) groups excluding carboxylic acids is 2. The van der Waals surface area contributed by atoms with E-state index in [-0.39, 0.29) is 22.6 Å². The van der Waals surface area contributed by atoms with E-state index >= 15 is 0 Å². The summed E-state index contributed by atoms with van der Waals surface area (Å²) < 4.78 is 2.11. The molecule has 2 amide bonds. The summed E-state index contributed by atoms with van der Waals surface area (Å²) in [7, 11) is 0. The SMILES string of the molecule is CC(C)(C)CC(=O)Nc1ccc2c(c1)cc(C(=O)Nc1ccccc1)n2CC1=CCCC(C)(C)C1. The van der Waals surface area contributed by atoms with Crippen molar-refractivity contribution in [1.82, 2.24) is 4.57 Å². The molecule has 1 aromatic heterocycles. The van der Waals surface area contributed by atoms with Crippen LogP contribution in [0.4, 0.5) is 11.4 Å². The summed E-state index contributed by atoms with van der Waals surface area (Å²) in [6.07, 6.45) is 6.05. The van der Waals surface area contributed by atoms with Crippen LogP contribution in [0.25, 0.3) is 10.9 Å². The molecular weight excluding hydrogens is 434 g/mol. The number of anilines is 2. The van der Waals surface area contributed by atoms with Crippen LogP contribution in [-0.2, 0) is 11.3 Å². The number of allylic oxidation sites excluding steroid dienone is 2. The van der Waals surface area contributed by atoms with Crippen LogP contribution < -0.4 is 10.6 Å². The van der Waals surface area contributed by atoms with Crippen molar-refractivity contribution in [3.63, 3.8) is 0 Å². The van der Waals surface area contributed by atoms with E-state index in [0.717, 1.165) is 35.1 Å². The predicted molar refractivity (Wildman–Crippen MR) is 145 cm³/mol. The van der Waals surface area contributed by atoms with Crippen LogP contribution in [0.15, 0.2) is 66.2 Å². The molecule has 5 nitrogen and oxygen atoms in total. The summed E-state index contributed by atoms with van der Waals surface area (Å²) in [6, 6.07) is 17.4. The molecule has 0 atom stereocenters. The van der Waals surface area contributed by atoms with Crippen LogP contribution in [0.1, 0.15) is 70.8 Å². The first-order valence-corrected chi connectivity index (χ1v) is 12.5. The number of fused-ring (bicyclic) bond motifs is 1. The van der Waals surface area contributed by atoms with E-state index in [9.17, 15) is 9.59 Å². The summed E-state index contributed by atoms with van der Waals surface area (Å²) in [5.74, 6) is -0.144. The molecule has 184 valence electrons. The third-order valence-corrected chi connectivity index (χ3v) is 6.46. The van der Waals surface area contributed by atoms with Gasteiger partial charge in [-0.2, -0.15) is 0 Å². The van der Waals surface area contributed by atoms with Crippen LogP contribution >= 0.6 is 0 Å². The molecule has 0 unspecified atom stereocenters. The van der Waals surface area contributed by atoms with Gasteiger partial charge in [0.05, 0.1) is 0 Å². The highest BCUT2D eigenvalue weighted by Gasteiger charge is 2.25. The molecular formula is C30H37N3O2. The molecule has 0 radical (unpaired) electrons. The highest BCUT2D eigenvalue weighted by Crippen LogP contribution is 2.36. The zero-order valence-corrected chi connectivity index (χ0v) is 21.6. The standard InChI is InChI=1S/C30H37N3O2/c1-29(2,3)19-27(34)31-24-13-14-25-22(16-24)17-26(28(35)32-23-11-7-6-8-12-23)33(25)20-21-10-9-15-30(4,5)18-21/h6-8,10-14,16-17H,9,15,18-20H2,1-5H3,(H,31,34)(H,32,35). The van der Waals surface area contributed by atoms with Gasteiger partial charge in [-0.15, -0.1) is 0 Å². The second-order valence-corrected chi connectivity index (χ2v) is 11.7. The van der Waals surface area contributed by atoms with Gasteiger partial charge >= 0.3 is 0 Å². The van der Waals surface area contributed by atoms with Crippen molar-refractivity contribution in [3.8, 4) is 0 Å². The number of hydrogen-bond acceptors (Lipinski definition) is 2. The number of carbonyl (C=O) groups is 2. The normalized spacial score (nSPS) is 15.5. The Morgan fingerprint density at radius 1 is 0.971 bits per heavy atom. The quantitative estimate of drug-likeness (QED) is 0.368. The highest BCUT2D eigenvalue weighted by atomic mass is 16.2. The lowest BCUT2D eigenvalue weighted by molar-refractivity contribution is -0.117. The van der Waals surface area contributed by atoms with Gasteiger partial charge in [-0.25, -0.2) is 0 Å². The van der Waals surface area contributed by atoms with Gasteiger partial charge in [0.2, 0.25) is 5.91 Å². The molecule has 5 heteroatoms. The third-order valence-electron chi connectivity index (χ3n) is 6.46. The van der Waals surface area contributed by atoms with Crippen molar-refractivity contribution in [1.29, 1.82) is 0 Å². The van der Waals surface area contributed by atoms with E-state index in [2.05, 4.69) is 55.9 Å². The minimum Gasteiger partial charge on any atom is -0.332 e. The summed E-state index contributed by atoms with van der Waals surface area (Å²) in [4.78, 5) is 25.9. The van der Waals surface area contributed by atoms with Gasteiger partial charge in [0, 0.05) is 35.2 Å². The number of hydrogen-bond donors (Lipinski definition) is 2. The largest absolute Gasteiger partial charge is 0.332 e. The number of amides is 2. The molecule has 0 fully saturated rings. The Labute approximate surface area is 208 Å². The molecule has 1 aliphatic rings. The molecule has 1 heterocycles. The first-order chi connectivity index (χ1) is 16.5. The highest BCUT2D eigenvalue weighted by molar-refractivity contribution is 6.07. The van der Waals surface area contributed by atoms with Gasteiger partial charge in [0.25, 0.3) is 5.91 Å². The molecule has 1 aliphatic carbocycles. The lowest BCUT2D eigenvalue weighted by Gasteiger charge is -2.30. The van der Waals surface area contributed by atoms with Gasteiger partial charge < -0.3 is 15.2 Å². The van der Waals surface area contributed by atoms with Crippen LogP contribution in [0.3, 0.4) is 0 Å². The van der Waals surface area contributed by atoms with Crippen molar-refractivity contribution in [2.75, 3.05) is 10.6 Å². The molecule has 35 heavy (non-hydrogen) atoms. The number of para-hydroxylation sites is 1. The zero-order chi connectivity index (χ0) is 25.2. The number of rotatable bonds is 6. The van der Waals surface area contributed by atoms with Crippen molar-refractivity contribution < 1.29 is 9.59 Å². The maximum atomic E-state index is 13.4. The Bertz CT molecular complexity index is 1260. The second kappa shape index (κ2) is 9.73. The van der Waals surface area contributed by atoms with Crippen molar-refractivity contribution in [2.24, 2.45) is 10.8 Å². The Morgan fingerprint density at radius 3 is 2.40 bits per heavy atom. The molecule has 3 aromatic rings. The first kappa shape index (κ1) is 24.8. The maximum Gasteiger partial charge on any atom is 0.272 e. The number of aromatic nitrogens is 1. The van der Waals surface area contributed by atoms with E-state index in [4.69, 9.17) is 0 Å². The molecule has 2 N–H and O–H groups in total. The van der Waals surface area contributed by atoms with Crippen LogP contribution in [0.2, 0.25) is 0 Å². The van der Waals surface area contributed by atoms with E-state index in [1.165, 1.54) is 12.0 Å². The summed E-state index contributed by atoms with van der Waals surface area (Å²) in [5.41, 5.74) is 4.66. The fourth-order valence-corrected chi connectivity index (χ4v) is 4.88. The fraction of sp³-hybridized carbons (Fsp3) is 0.400. The van der Waals surface area contributed by atoms with Crippen LogP contribution in [0.5, 0.6) is 0 Å². The van der Waals surface area contributed by atoms with Gasteiger partial charge in [0.1, 0.15) is 5.69 Å². The Kier molecular flexibility index (Phi) is 6.88. The molecule has 0 spiro atoms. The number of benzene rings is 2. The smallest absolute Gasteiger partial charge is 0.272 e. The first-order valence-electron chi connectivity index (χ1n) is 12.5. The predicted octanol–water partition coefficient (Wildman–Crippen LogP) is 7.40. The molecule has 0 saturated carbocycles. The van der Waals surface area contributed by atoms with E-state index in [1.807, 2.05) is 54.6 Å². The number of nitrogens with zero attached hydrogens (tertiary/aromatic N) is 1. The fourth-order valence-electron chi connectivity index (χ4n) is 4.88. The average molecular weight is 472 g/mol. The molecule has 0 bridgehead atoms. The summed E-state index contributed by atoms with van der Waals surface area (Å²) in [6.45, 7) is 11.4. The Balaban J connectivity index is 1.68. The van der Waals surface area contributed by atoms with Crippen molar-refractivity contribution in [3.05, 3.63) is 71.9 Å². The van der Waals surface area contributed by atoms with Gasteiger partial charge in [0.15, 0.2) is 0 Å². The van der Waals surface area contributed by atoms with Crippen LogP contribution in [-0.4, -0.2) is 16.4 Å². The van der Waals surface area contributed by atoms with Crippen molar-refractivity contribution >= 4 is 34.1 Å². The topological polar surface area (TPSA) is 63.1 Å². The minimum absolute atomic E-state index is 0.00656. The van der Waals surface area contributed by atoms with E-state index in [1.54, 1.807) is 0 Å². The molecule has 4 rings (SSSR count). The molecule has 2 aromatic carbocycles. The van der Waals surface area contributed by atoms with Crippen molar-refractivity contribution in [2.45, 2.75) is 66.8 Å². The molecule has 0 aliphatic heterocycles. The number of nitrogens with one attached hydrogen (secondary N) is 2. The monoisotopic (exact) mass is 471 g/mol. The summed E-state index contributed by atoms with van der Waals surface area (Å²) in [5, 5.41) is 6.99. The summed E-state index contributed by atoms with van der Waals surface area (Å²) >= 11 is 0.